The van der Waals surface area contributed by atoms with Crippen LogP contribution >= 0.6 is 15.9 Å². The molecule has 2 aliphatic heterocycles. The summed E-state index contributed by atoms with van der Waals surface area (Å²) in [7, 11) is 0. The lowest BCUT2D eigenvalue weighted by Crippen LogP contribution is -2.28. The number of rotatable bonds is 1. The number of halogens is 1. The van der Waals surface area contributed by atoms with Gasteiger partial charge in [0.15, 0.2) is 0 Å². The van der Waals surface area contributed by atoms with Gasteiger partial charge in [0.05, 0.1) is 17.1 Å². The molecule has 100 valence electrons. The Balaban J connectivity index is 1.84. The standard InChI is InChI=1S/C14H17BrN4/c15-9-3-4-11-10(8-9)17-14(16)19(11)13-5-7-18-6-1-2-12(13)18/h3-4,8,12-13H,1-2,5-7H2,(H2,16,17). The largest absolute Gasteiger partial charge is 0.369 e. The van der Waals surface area contributed by atoms with Gasteiger partial charge in [-0.2, -0.15) is 0 Å². The van der Waals surface area contributed by atoms with E-state index in [9.17, 15) is 0 Å². The molecular formula is C14H17BrN4. The van der Waals surface area contributed by atoms with E-state index in [-0.39, 0.29) is 0 Å². The molecule has 3 heterocycles. The molecule has 2 aromatic rings. The highest BCUT2D eigenvalue weighted by atomic mass is 79.9. The maximum Gasteiger partial charge on any atom is 0.201 e. The quantitative estimate of drug-likeness (QED) is 0.878. The van der Waals surface area contributed by atoms with Crippen LogP contribution < -0.4 is 5.73 Å². The molecule has 19 heavy (non-hydrogen) atoms. The monoisotopic (exact) mass is 320 g/mol. The number of hydrogen-bond acceptors (Lipinski definition) is 3. The second-order valence-electron chi connectivity index (χ2n) is 5.57. The Morgan fingerprint density at radius 1 is 1.21 bits per heavy atom. The smallest absolute Gasteiger partial charge is 0.201 e. The molecular weight excluding hydrogens is 304 g/mol. The number of imidazole rings is 1. The molecule has 2 unspecified atom stereocenters. The van der Waals surface area contributed by atoms with Crippen molar-refractivity contribution >= 4 is 32.9 Å². The minimum absolute atomic E-state index is 0.494. The lowest BCUT2D eigenvalue weighted by Gasteiger charge is -2.22. The van der Waals surface area contributed by atoms with Gasteiger partial charge < -0.3 is 10.3 Å². The SMILES string of the molecule is Nc1nc2cc(Br)ccc2n1C1CCN2CCCC12. The first-order valence-electron chi connectivity index (χ1n) is 6.91. The molecule has 2 atom stereocenters. The minimum Gasteiger partial charge on any atom is -0.369 e. The van der Waals surface area contributed by atoms with Gasteiger partial charge in [0.25, 0.3) is 0 Å². The normalized spacial score (nSPS) is 27.2. The van der Waals surface area contributed by atoms with Crippen LogP contribution in [0.3, 0.4) is 0 Å². The first kappa shape index (κ1) is 11.7. The summed E-state index contributed by atoms with van der Waals surface area (Å²) in [5.41, 5.74) is 8.34. The van der Waals surface area contributed by atoms with Gasteiger partial charge in [-0.25, -0.2) is 4.98 Å². The molecule has 0 amide bonds. The van der Waals surface area contributed by atoms with E-state index in [0.717, 1.165) is 9.99 Å². The first-order chi connectivity index (χ1) is 9.24. The Hall–Kier alpha value is -1.07. The fourth-order valence-corrected chi connectivity index (χ4v) is 4.15. The van der Waals surface area contributed by atoms with Crippen molar-refractivity contribution in [3.8, 4) is 0 Å². The summed E-state index contributed by atoms with van der Waals surface area (Å²) in [6, 6.07) is 7.39. The van der Waals surface area contributed by atoms with Crippen LogP contribution in [-0.4, -0.2) is 33.6 Å². The van der Waals surface area contributed by atoms with E-state index in [4.69, 9.17) is 5.73 Å². The van der Waals surface area contributed by atoms with Gasteiger partial charge >= 0.3 is 0 Å². The summed E-state index contributed by atoms with van der Waals surface area (Å²) < 4.78 is 3.32. The lowest BCUT2D eigenvalue weighted by atomic mass is 10.1. The summed E-state index contributed by atoms with van der Waals surface area (Å²) >= 11 is 3.50. The molecule has 0 aliphatic carbocycles. The second kappa shape index (κ2) is 4.21. The maximum atomic E-state index is 6.18. The fraction of sp³-hybridized carbons (Fsp3) is 0.500. The molecule has 0 saturated carbocycles. The van der Waals surface area contributed by atoms with Crippen LogP contribution in [0.4, 0.5) is 5.95 Å². The number of nitrogens with two attached hydrogens (primary N) is 1. The number of nitrogens with zero attached hydrogens (tertiary/aromatic N) is 3. The van der Waals surface area contributed by atoms with Crippen molar-refractivity contribution in [2.75, 3.05) is 18.8 Å². The predicted octanol–water partition coefficient (Wildman–Crippen LogP) is 2.79. The molecule has 1 aromatic carbocycles. The summed E-state index contributed by atoms with van der Waals surface area (Å²) in [6.45, 7) is 2.45. The fourth-order valence-electron chi connectivity index (χ4n) is 3.80. The average Bonchev–Trinajstić information content (AvgIpc) is 3.02. The van der Waals surface area contributed by atoms with E-state index in [1.165, 1.54) is 37.9 Å². The van der Waals surface area contributed by atoms with Gasteiger partial charge in [-0.05, 0) is 44.0 Å². The third-order valence-electron chi connectivity index (χ3n) is 4.58. The zero-order chi connectivity index (χ0) is 13.0. The predicted molar refractivity (Wildman–Crippen MR) is 80.1 cm³/mol. The number of hydrogen-bond donors (Lipinski definition) is 1. The second-order valence-corrected chi connectivity index (χ2v) is 6.49. The van der Waals surface area contributed by atoms with Crippen LogP contribution in [0.25, 0.3) is 11.0 Å². The topological polar surface area (TPSA) is 47.1 Å². The van der Waals surface area contributed by atoms with Crippen LogP contribution in [-0.2, 0) is 0 Å². The lowest BCUT2D eigenvalue weighted by molar-refractivity contribution is 0.293. The maximum absolute atomic E-state index is 6.18. The third-order valence-corrected chi connectivity index (χ3v) is 5.07. The first-order valence-corrected chi connectivity index (χ1v) is 7.70. The van der Waals surface area contributed by atoms with Gasteiger partial charge in [-0.3, -0.25) is 4.90 Å². The number of anilines is 1. The van der Waals surface area contributed by atoms with Gasteiger partial charge in [0.2, 0.25) is 5.95 Å². The highest BCUT2D eigenvalue weighted by Crippen LogP contribution is 2.39. The van der Waals surface area contributed by atoms with Crippen molar-refractivity contribution in [3.63, 3.8) is 0 Å². The van der Waals surface area contributed by atoms with E-state index < -0.39 is 0 Å². The zero-order valence-electron chi connectivity index (χ0n) is 10.7. The van der Waals surface area contributed by atoms with Crippen molar-refractivity contribution in [1.29, 1.82) is 0 Å². The minimum atomic E-state index is 0.494. The summed E-state index contributed by atoms with van der Waals surface area (Å²) in [4.78, 5) is 7.13. The summed E-state index contributed by atoms with van der Waals surface area (Å²) in [5, 5.41) is 0. The Labute approximate surface area is 120 Å². The number of nitrogen functional groups attached to an aromatic ring is 1. The van der Waals surface area contributed by atoms with Crippen LogP contribution in [0.1, 0.15) is 25.3 Å². The van der Waals surface area contributed by atoms with E-state index in [1.54, 1.807) is 0 Å². The van der Waals surface area contributed by atoms with Gasteiger partial charge in [-0.15, -0.1) is 0 Å². The molecule has 4 rings (SSSR count). The molecule has 0 bridgehead atoms. The molecule has 5 heteroatoms. The Morgan fingerprint density at radius 2 is 2.11 bits per heavy atom. The molecule has 4 nitrogen and oxygen atoms in total. The highest BCUT2D eigenvalue weighted by Gasteiger charge is 2.39. The molecule has 0 spiro atoms. The van der Waals surface area contributed by atoms with Crippen LogP contribution in [0.5, 0.6) is 0 Å². The Kier molecular flexibility index (Phi) is 2.60. The molecule has 2 saturated heterocycles. The third kappa shape index (κ3) is 1.71. The molecule has 2 N–H and O–H groups in total. The van der Waals surface area contributed by atoms with Crippen LogP contribution in [0, 0.1) is 0 Å². The van der Waals surface area contributed by atoms with Crippen molar-refractivity contribution in [1.82, 2.24) is 14.5 Å². The molecule has 2 aliphatic rings. The number of aromatic nitrogens is 2. The van der Waals surface area contributed by atoms with Crippen LogP contribution in [0.2, 0.25) is 0 Å². The van der Waals surface area contributed by atoms with Gasteiger partial charge in [0, 0.05) is 17.1 Å². The van der Waals surface area contributed by atoms with Crippen molar-refractivity contribution in [3.05, 3.63) is 22.7 Å². The molecule has 2 fully saturated rings. The summed E-state index contributed by atoms with van der Waals surface area (Å²) in [6.07, 6.45) is 3.80. The molecule has 0 radical (unpaired) electrons. The Morgan fingerprint density at radius 3 is 3.00 bits per heavy atom. The Bertz CT molecular complexity index is 636. The van der Waals surface area contributed by atoms with Crippen molar-refractivity contribution in [2.24, 2.45) is 0 Å². The molecule has 1 aromatic heterocycles. The van der Waals surface area contributed by atoms with E-state index in [2.05, 4.69) is 42.5 Å². The van der Waals surface area contributed by atoms with E-state index >= 15 is 0 Å². The van der Waals surface area contributed by atoms with E-state index in [0.29, 0.717) is 18.0 Å². The van der Waals surface area contributed by atoms with Crippen LogP contribution in [0.15, 0.2) is 22.7 Å². The average molecular weight is 321 g/mol. The van der Waals surface area contributed by atoms with Crippen molar-refractivity contribution < 1.29 is 0 Å². The zero-order valence-corrected chi connectivity index (χ0v) is 12.3. The van der Waals surface area contributed by atoms with E-state index in [1.807, 2.05) is 6.07 Å². The number of fused-ring (bicyclic) bond motifs is 2. The summed E-state index contributed by atoms with van der Waals surface area (Å²) in [5.74, 6) is 0.659. The van der Waals surface area contributed by atoms with Crippen molar-refractivity contribution in [2.45, 2.75) is 31.3 Å². The van der Waals surface area contributed by atoms with Gasteiger partial charge in [-0.1, -0.05) is 15.9 Å². The highest BCUT2D eigenvalue weighted by molar-refractivity contribution is 9.10. The number of benzene rings is 1. The van der Waals surface area contributed by atoms with Gasteiger partial charge in [0.1, 0.15) is 0 Å².